The van der Waals surface area contributed by atoms with E-state index < -0.39 is 17.9 Å². The van der Waals surface area contributed by atoms with Gasteiger partial charge in [0.25, 0.3) is 0 Å². The Bertz CT molecular complexity index is 594. The molecule has 2 aromatic rings. The molecule has 0 aromatic carbocycles. The monoisotopic (exact) mass is 341 g/mol. The highest BCUT2D eigenvalue weighted by Crippen LogP contribution is 2.42. The summed E-state index contributed by atoms with van der Waals surface area (Å²) in [4.78, 5) is 6.60. The summed E-state index contributed by atoms with van der Waals surface area (Å²) in [5.41, 5.74) is 0. The molecule has 0 amide bonds. The first-order chi connectivity index (χ1) is 8.72. The summed E-state index contributed by atoms with van der Waals surface area (Å²) in [5.74, 6) is -6.81. The summed E-state index contributed by atoms with van der Waals surface area (Å²) in [7, 11) is 0. The summed E-state index contributed by atoms with van der Waals surface area (Å²) in [6.45, 7) is 0. The topological polar surface area (TPSA) is 43.6 Å². The van der Waals surface area contributed by atoms with Crippen molar-refractivity contribution >= 4 is 15.9 Å². The summed E-state index contributed by atoms with van der Waals surface area (Å²) in [6, 6.07) is 2.91. The lowest BCUT2D eigenvalue weighted by Crippen LogP contribution is -2.34. The fourth-order valence-corrected chi connectivity index (χ4v) is 1.43. The van der Waals surface area contributed by atoms with Crippen LogP contribution < -0.4 is 0 Å². The van der Waals surface area contributed by atoms with E-state index in [1.807, 2.05) is 6.33 Å². The van der Waals surface area contributed by atoms with E-state index in [4.69, 9.17) is 0 Å². The van der Waals surface area contributed by atoms with Crippen molar-refractivity contribution in [3.63, 3.8) is 0 Å². The van der Waals surface area contributed by atoms with Crippen LogP contribution in [0.5, 0.6) is 0 Å². The van der Waals surface area contributed by atoms with Gasteiger partial charge < -0.3 is 0 Å². The molecule has 0 unspecified atom stereocenters. The minimum absolute atomic E-state index is 0.00565. The molecule has 2 aromatic heterocycles. The van der Waals surface area contributed by atoms with Crippen molar-refractivity contribution in [1.29, 1.82) is 0 Å². The Morgan fingerprint density at radius 1 is 1.21 bits per heavy atom. The average molecular weight is 342 g/mol. The molecule has 0 atom stereocenters. The maximum Gasteiger partial charge on any atom is 0.461 e. The molecule has 0 bridgehead atoms. The van der Waals surface area contributed by atoms with Crippen molar-refractivity contribution in [2.24, 2.45) is 0 Å². The molecule has 0 saturated heterocycles. The molecule has 2 rings (SSSR count). The van der Waals surface area contributed by atoms with Gasteiger partial charge in [-0.1, -0.05) is 15.9 Å². The maximum absolute atomic E-state index is 13.0. The number of aromatic nitrogens is 4. The largest absolute Gasteiger partial charge is 0.461 e. The first-order valence-electron chi connectivity index (χ1n) is 4.63. The first kappa shape index (κ1) is 13.8. The van der Waals surface area contributed by atoms with Crippen molar-refractivity contribution in [1.82, 2.24) is 19.7 Å². The quantitative estimate of drug-likeness (QED) is 0.789. The van der Waals surface area contributed by atoms with Gasteiger partial charge in [-0.2, -0.15) is 26.6 Å². The second-order valence-corrected chi connectivity index (χ2v) is 4.27. The summed E-state index contributed by atoms with van der Waals surface area (Å²) >= 11 is 3.09. The standard InChI is InChI=1S/C9H3BrF5N4/c10-5-1-2-16-6(3-5)19-4-17-7(18-19)8(11,12)9(13,14)15/h1-3H. The van der Waals surface area contributed by atoms with Gasteiger partial charge in [-0.05, 0) is 12.1 Å². The number of halogens is 6. The Kier molecular flexibility index (Phi) is 3.29. The second-order valence-electron chi connectivity index (χ2n) is 3.35. The van der Waals surface area contributed by atoms with E-state index in [1.165, 1.54) is 12.3 Å². The molecule has 1 radical (unpaired) electrons. The third-order valence-electron chi connectivity index (χ3n) is 2.01. The lowest BCUT2D eigenvalue weighted by atomic mass is 10.3. The molecule has 0 aliphatic carbocycles. The summed E-state index contributed by atoms with van der Waals surface area (Å²) < 4.78 is 63.4. The highest BCUT2D eigenvalue weighted by atomic mass is 79.9. The van der Waals surface area contributed by atoms with Crippen LogP contribution in [0, 0.1) is 6.33 Å². The van der Waals surface area contributed by atoms with E-state index >= 15 is 0 Å². The number of hydrogen-bond donors (Lipinski definition) is 0. The van der Waals surface area contributed by atoms with Gasteiger partial charge in [0.2, 0.25) is 12.2 Å². The third-order valence-corrected chi connectivity index (χ3v) is 2.50. The van der Waals surface area contributed by atoms with Crippen LogP contribution in [0.25, 0.3) is 5.82 Å². The molecular formula is C9H3BrF5N4. The van der Waals surface area contributed by atoms with Crippen LogP contribution in [-0.4, -0.2) is 25.9 Å². The van der Waals surface area contributed by atoms with Crippen LogP contribution in [-0.2, 0) is 5.92 Å². The lowest BCUT2D eigenvalue weighted by Gasteiger charge is -2.15. The SMILES string of the molecule is FC(F)(F)C(F)(F)c1n[c]n(-c2cc(Br)ccn2)n1. The number of rotatable bonds is 2. The van der Waals surface area contributed by atoms with Gasteiger partial charge in [-0.25, -0.2) is 9.97 Å². The summed E-state index contributed by atoms with van der Waals surface area (Å²) in [6.07, 6.45) is -2.53. The van der Waals surface area contributed by atoms with E-state index in [9.17, 15) is 22.0 Å². The predicted octanol–water partition coefficient (Wildman–Crippen LogP) is 2.88. The fraction of sp³-hybridized carbons (Fsp3) is 0.222. The van der Waals surface area contributed by atoms with E-state index in [1.54, 1.807) is 6.07 Å². The van der Waals surface area contributed by atoms with Crippen molar-refractivity contribution in [2.45, 2.75) is 12.1 Å². The zero-order chi connectivity index (χ0) is 14.3. The van der Waals surface area contributed by atoms with Crippen molar-refractivity contribution in [3.8, 4) is 5.82 Å². The molecule has 2 heterocycles. The van der Waals surface area contributed by atoms with Crippen LogP contribution in [0.1, 0.15) is 5.82 Å². The van der Waals surface area contributed by atoms with E-state index in [0.717, 1.165) is 0 Å². The first-order valence-corrected chi connectivity index (χ1v) is 5.43. The van der Waals surface area contributed by atoms with Crippen molar-refractivity contribution in [3.05, 3.63) is 35.0 Å². The van der Waals surface area contributed by atoms with Crippen LogP contribution in [0.4, 0.5) is 22.0 Å². The molecular weight excluding hydrogens is 339 g/mol. The summed E-state index contributed by atoms with van der Waals surface area (Å²) in [5, 5.41) is 3.06. The van der Waals surface area contributed by atoms with Crippen LogP contribution >= 0.6 is 15.9 Å². The maximum atomic E-state index is 13.0. The minimum Gasteiger partial charge on any atom is -0.237 e. The van der Waals surface area contributed by atoms with E-state index in [-0.39, 0.29) is 5.82 Å². The minimum atomic E-state index is -5.77. The van der Waals surface area contributed by atoms with Crippen LogP contribution in [0.2, 0.25) is 0 Å². The molecule has 0 N–H and O–H groups in total. The second kappa shape index (κ2) is 4.51. The highest BCUT2D eigenvalue weighted by molar-refractivity contribution is 9.10. The average Bonchev–Trinajstić information content (AvgIpc) is 2.77. The Hall–Kier alpha value is -1.58. The molecule has 0 saturated carbocycles. The highest BCUT2D eigenvalue weighted by Gasteiger charge is 2.61. The van der Waals surface area contributed by atoms with Gasteiger partial charge in [0.15, 0.2) is 5.82 Å². The predicted molar refractivity (Wildman–Crippen MR) is 55.6 cm³/mol. The van der Waals surface area contributed by atoms with Gasteiger partial charge in [0.05, 0.1) is 0 Å². The van der Waals surface area contributed by atoms with Crippen molar-refractivity contribution in [2.75, 3.05) is 0 Å². The smallest absolute Gasteiger partial charge is 0.237 e. The Morgan fingerprint density at radius 3 is 2.47 bits per heavy atom. The van der Waals surface area contributed by atoms with E-state index in [0.29, 0.717) is 9.15 Å². The van der Waals surface area contributed by atoms with Gasteiger partial charge in [0, 0.05) is 10.7 Å². The van der Waals surface area contributed by atoms with Crippen molar-refractivity contribution < 1.29 is 22.0 Å². The molecule has 0 spiro atoms. The molecule has 0 fully saturated rings. The van der Waals surface area contributed by atoms with Gasteiger partial charge in [-0.15, -0.1) is 5.10 Å². The van der Waals surface area contributed by atoms with Gasteiger partial charge >= 0.3 is 12.1 Å². The normalized spacial score (nSPS) is 12.7. The lowest BCUT2D eigenvalue weighted by molar-refractivity contribution is -0.292. The van der Waals surface area contributed by atoms with Crippen LogP contribution in [0.15, 0.2) is 22.8 Å². The fourth-order valence-electron chi connectivity index (χ4n) is 1.11. The number of hydrogen-bond acceptors (Lipinski definition) is 3. The Morgan fingerprint density at radius 2 is 1.89 bits per heavy atom. The number of alkyl halides is 5. The molecule has 0 aliphatic rings. The number of nitrogens with zero attached hydrogens (tertiary/aromatic N) is 4. The van der Waals surface area contributed by atoms with Gasteiger partial charge in [0.1, 0.15) is 0 Å². The molecule has 10 heteroatoms. The zero-order valence-corrected chi connectivity index (χ0v) is 10.4. The third kappa shape index (κ3) is 2.57. The number of pyridine rings is 1. The zero-order valence-electron chi connectivity index (χ0n) is 8.79. The molecule has 101 valence electrons. The Balaban J connectivity index is 2.40. The van der Waals surface area contributed by atoms with Crippen LogP contribution in [0.3, 0.4) is 0 Å². The molecule has 19 heavy (non-hydrogen) atoms. The van der Waals surface area contributed by atoms with E-state index in [2.05, 4.69) is 31.0 Å². The Labute approximate surface area is 111 Å². The molecule has 0 aliphatic heterocycles. The van der Waals surface area contributed by atoms with Gasteiger partial charge in [-0.3, -0.25) is 0 Å². The molecule has 4 nitrogen and oxygen atoms in total.